The topological polar surface area (TPSA) is 63.4 Å². The molecule has 1 amide bonds. The van der Waals surface area contributed by atoms with Gasteiger partial charge in [-0.05, 0) is 42.3 Å². The molecule has 2 aromatic carbocycles. The van der Waals surface area contributed by atoms with Crippen LogP contribution >= 0.6 is 0 Å². The summed E-state index contributed by atoms with van der Waals surface area (Å²) in [6.45, 7) is 2.71. The number of amides is 1. The van der Waals surface area contributed by atoms with Gasteiger partial charge in [0.25, 0.3) is 5.91 Å². The van der Waals surface area contributed by atoms with E-state index < -0.39 is 0 Å². The van der Waals surface area contributed by atoms with Crippen molar-refractivity contribution in [2.24, 2.45) is 0 Å². The number of aromatic nitrogens is 1. The van der Waals surface area contributed by atoms with Crippen LogP contribution in [0.1, 0.15) is 21.6 Å². The van der Waals surface area contributed by atoms with Crippen LogP contribution in [-0.4, -0.2) is 17.7 Å². The van der Waals surface area contributed by atoms with E-state index in [0.29, 0.717) is 12.2 Å². The van der Waals surface area contributed by atoms with Crippen LogP contribution in [0, 0.1) is 6.92 Å². The number of hydrogen-bond donors (Lipinski definition) is 2. The molecular formula is C18H16N2O3. The van der Waals surface area contributed by atoms with Gasteiger partial charge in [0.2, 0.25) is 6.79 Å². The third kappa shape index (κ3) is 2.61. The van der Waals surface area contributed by atoms with Gasteiger partial charge in [-0.2, -0.15) is 0 Å². The van der Waals surface area contributed by atoms with E-state index in [9.17, 15) is 4.79 Å². The van der Waals surface area contributed by atoms with Crippen LogP contribution in [0.3, 0.4) is 0 Å². The third-order valence-corrected chi connectivity index (χ3v) is 3.91. The monoisotopic (exact) mass is 308 g/mol. The zero-order valence-corrected chi connectivity index (χ0v) is 12.7. The highest BCUT2D eigenvalue weighted by Gasteiger charge is 2.14. The molecule has 0 saturated carbocycles. The number of hydrogen-bond acceptors (Lipinski definition) is 3. The van der Waals surface area contributed by atoms with Crippen molar-refractivity contribution in [1.82, 2.24) is 10.3 Å². The maximum atomic E-state index is 12.3. The summed E-state index contributed by atoms with van der Waals surface area (Å²) in [5.74, 6) is 1.33. The lowest BCUT2D eigenvalue weighted by molar-refractivity contribution is 0.0946. The van der Waals surface area contributed by atoms with Crippen LogP contribution in [0.4, 0.5) is 0 Å². The Morgan fingerprint density at radius 2 is 2.00 bits per heavy atom. The molecule has 0 radical (unpaired) electrons. The first kappa shape index (κ1) is 13.7. The van der Waals surface area contributed by atoms with Gasteiger partial charge in [0.1, 0.15) is 5.69 Å². The van der Waals surface area contributed by atoms with E-state index in [2.05, 4.69) is 10.3 Å². The fourth-order valence-corrected chi connectivity index (χ4v) is 2.69. The molecule has 3 aromatic rings. The number of benzene rings is 2. The molecule has 1 aromatic heterocycles. The van der Waals surface area contributed by atoms with Gasteiger partial charge < -0.3 is 19.8 Å². The van der Waals surface area contributed by atoms with Gasteiger partial charge in [0.05, 0.1) is 0 Å². The molecule has 23 heavy (non-hydrogen) atoms. The number of ether oxygens (including phenoxy) is 2. The molecule has 4 rings (SSSR count). The third-order valence-electron chi connectivity index (χ3n) is 3.91. The molecule has 0 spiro atoms. The Kier molecular flexibility index (Phi) is 3.19. The highest BCUT2D eigenvalue weighted by molar-refractivity contribution is 5.98. The lowest BCUT2D eigenvalue weighted by atomic mass is 10.2. The van der Waals surface area contributed by atoms with Crippen molar-refractivity contribution >= 4 is 16.8 Å². The van der Waals surface area contributed by atoms with Gasteiger partial charge in [-0.3, -0.25) is 4.79 Å². The van der Waals surface area contributed by atoms with Crippen molar-refractivity contribution in [3.05, 3.63) is 59.3 Å². The van der Waals surface area contributed by atoms with E-state index in [0.717, 1.165) is 33.5 Å². The quantitative estimate of drug-likeness (QED) is 0.781. The molecule has 0 fully saturated rings. The van der Waals surface area contributed by atoms with E-state index in [1.807, 2.05) is 49.4 Å². The predicted octanol–water partition coefficient (Wildman–Crippen LogP) is 3.14. The Labute approximate surface area is 133 Å². The average Bonchev–Trinajstić information content (AvgIpc) is 3.17. The molecule has 2 N–H and O–H groups in total. The van der Waals surface area contributed by atoms with Crippen LogP contribution in [0.15, 0.2) is 42.5 Å². The summed E-state index contributed by atoms with van der Waals surface area (Å²) in [6.07, 6.45) is 0. The molecule has 0 atom stereocenters. The van der Waals surface area contributed by atoms with Crippen molar-refractivity contribution in [1.29, 1.82) is 0 Å². The minimum absolute atomic E-state index is 0.128. The van der Waals surface area contributed by atoms with E-state index in [1.54, 1.807) is 0 Å². The highest BCUT2D eigenvalue weighted by atomic mass is 16.7. The zero-order valence-electron chi connectivity index (χ0n) is 12.7. The molecule has 5 heteroatoms. The fraction of sp³-hybridized carbons (Fsp3) is 0.167. The van der Waals surface area contributed by atoms with Crippen LogP contribution in [0.5, 0.6) is 11.5 Å². The molecule has 116 valence electrons. The SMILES string of the molecule is Cc1ccc2cc(C(=O)NCc3ccc4c(c3)OCO4)[nH]c2c1. The Morgan fingerprint density at radius 3 is 2.91 bits per heavy atom. The number of aryl methyl sites for hydroxylation is 1. The lowest BCUT2D eigenvalue weighted by Crippen LogP contribution is -2.23. The Bertz CT molecular complexity index is 898. The van der Waals surface area contributed by atoms with Gasteiger partial charge in [-0.15, -0.1) is 0 Å². The second kappa shape index (κ2) is 5.35. The van der Waals surface area contributed by atoms with Crippen molar-refractivity contribution in [2.45, 2.75) is 13.5 Å². The molecule has 5 nitrogen and oxygen atoms in total. The Morgan fingerprint density at radius 1 is 1.13 bits per heavy atom. The standard InChI is InChI=1S/C18H16N2O3/c1-11-2-4-13-8-15(20-14(13)6-11)18(21)19-9-12-3-5-16-17(7-12)23-10-22-16/h2-8,20H,9-10H2,1H3,(H,19,21). The van der Waals surface area contributed by atoms with E-state index >= 15 is 0 Å². The van der Waals surface area contributed by atoms with Gasteiger partial charge >= 0.3 is 0 Å². The minimum atomic E-state index is -0.128. The number of fused-ring (bicyclic) bond motifs is 2. The maximum absolute atomic E-state index is 12.3. The lowest BCUT2D eigenvalue weighted by Gasteiger charge is -2.05. The summed E-state index contributed by atoms with van der Waals surface area (Å²) in [4.78, 5) is 15.5. The molecule has 0 unspecified atom stereocenters. The van der Waals surface area contributed by atoms with Crippen LogP contribution in [0.25, 0.3) is 10.9 Å². The maximum Gasteiger partial charge on any atom is 0.267 e. The summed E-state index contributed by atoms with van der Waals surface area (Å²) in [5, 5.41) is 3.95. The number of rotatable bonds is 3. The number of H-pyrrole nitrogens is 1. The average molecular weight is 308 g/mol. The largest absolute Gasteiger partial charge is 0.454 e. The Balaban J connectivity index is 1.48. The molecule has 0 saturated heterocycles. The predicted molar refractivity (Wildman–Crippen MR) is 86.8 cm³/mol. The second-order valence-electron chi connectivity index (χ2n) is 5.64. The van der Waals surface area contributed by atoms with Crippen molar-refractivity contribution in [3.63, 3.8) is 0 Å². The van der Waals surface area contributed by atoms with E-state index in [4.69, 9.17) is 9.47 Å². The van der Waals surface area contributed by atoms with Gasteiger partial charge in [0, 0.05) is 17.4 Å². The highest BCUT2D eigenvalue weighted by Crippen LogP contribution is 2.32. The number of carbonyl (C=O) groups is 1. The first-order chi connectivity index (χ1) is 11.2. The van der Waals surface area contributed by atoms with Gasteiger partial charge in [0.15, 0.2) is 11.5 Å². The smallest absolute Gasteiger partial charge is 0.267 e. The first-order valence-electron chi connectivity index (χ1n) is 7.45. The minimum Gasteiger partial charge on any atom is -0.454 e. The second-order valence-corrected chi connectivity index (χ2v) is 5.64. The van der Waals surface area contributed by atoms with E-state index in [-0.39, 0.29) is 12.7 Å². The summed E-state index contributed by atoms with van der Waals surface area (Å²) in [6, 6.07) is 13.6. The number of nitrogens with one attached hydrogen (secondary N) is 2. The fourth-order valence-electron chi connectivity index (χ4n) is 2.69. The summed E-state index contributed by atoms with van der Waals surface area (Å²) < 4.78 is 10.6. The molecule has 0 aliphatic carbocycles. The Hall–Kier alpha value is -2.95. The number of aromatic amines is 1. The van der Waals surface area contributed by atoms with Crippen LogP contribution in [0.2, 0.25) is 0 Å². The zero-order chi connectivity index (χ0) is 15.8. The van der Waals surface area contributed by atoms with Gasteiger partial charge in [-0.1, -0.05) is 18.2 Å². The number of carbonyl (C=O) groups excluding carboxylic acids is 1. The molecule has 1 aliphatic heterocycles. The van der Waals surface area contributed by atoms with Crippen molar-refractivity contribution in [2.75, 3.05) is 6.79 Å². The molecule has 2 heterocycles. The van der Waals surface area contributed by atoms with Crippen molar-refractivity contribution in [3.8, 4) is 11.5 Å². The first-order valence-corrected chi connectivity index (χ1v) is 7.45. The van der Waals surface area contributed by atoms with Crippen molar-refractivity contribution < 1.29 is 14.3 Å². The van der Waals surface area contributed by atoms with Crippen LogP contribution < -0.4 is 14.8 Å². The summed E-state index contributed by atoms with van der Waals surface area (Å²) >= 11 is 0. The molecule has 0 bridgehead atoms. The molecular weight excluding hydrogens is 292 g/mol. The summed E-state index contributed by atoms with van der Waals surface area (Å²) in [7, 11) is 0. The van der Waals surface area contributed by atoms with Gasteiger partial charge in [-0.25, -0.2) is 0 Å². The van der Waals surface area contributed by atoms with E-state index in [1.165, 1.54) is 0 Å². The normalized spacial score (nSPS) is 12.6. The molecule has 1 aliphatic rings. The van der Waals surface area contributed by atoms with Crippen LogP contribution in [-0.2, 0) is 6.54 Å². The summed E-state index contributed by atoms with van der Waals surface area (Å²) in [5.41, 5.74) is 3.66.